The maximum Gasteiger partial charge on any atom is 0.310 e. The van der Waals surface area contributed by atoms with E-state index in [0.29, 0.717) is 6.42 Å². The van der Waals surface area contributed by atoms with E-state index in [1.807, 2.05) is 41.5 Å². The van der Waals surface area contributed by atoms with Gasteiger partial charge in [-0.3, -0.25) is 14.4 Å². The Bertz CT molecular complexity index is 820. The Morgan fingerprint density at radius 2 is 1.97 bits per heavy atom. The molecule has 32 heavy (non-hydrogen) atoms. The van der Waals surface area contributed by atoms with Crippen molar-refractivity contribution in [2.45, 2.75) is 83.7 Å². The number of likely N-dealkylation sites (tertiary alicyclic amines) is 1. The van der Waals surface area contributed by atoms with Crippen molar-refractivity contribution in [1.29, 1.82) is 0 Å². The first-order chi connectivity index (χ1) is 14.7. The molecule has 0 aliphatic carbocycles. The minimum atomic E-state index is -1.24. The number of aliphatic hydroxyl groups excluding tert-OH is 1. The Labute approximate surface area is 190 Å². The molecular weight excluding hydrogens is 412 g/mol. The van der Waals surface area contributed by atoms with Crippen molar-refractivity contribution in [1.82, 2.24) is 9.80 Å². The zero-order valence-electron chi connectivity index (χ0n) is 20.3. The van der Waals surface area contributed by atoms with E-state index < -0.39 is 52.5 Å². The highest BCUT2D eigenvalue weighted by atomic mass is 16.5. The summed E-state index contributed by atoms with van der Waals surface area (Å²) in [5, 5.41) is 20.3. The van der Waals surface area contributed by atoms with Crippen LogP contribution in [0.2, 0.25) is 0 Å². The van der Waals surface area contributed by atoms with Gasteiger partial charge in [0.05, 0.1) is 24.2 Å². The molecule has 0 aromatic carbocycles. The molecule has 2 N–H and O–H groups in total. The summed E-state index contributed by atoms with van der Waals surface area (Å²) >= 11 is 0. The van der Waals surface area contributed by atoms with Gasteiger partial charge in [0.15, 0.2) is 0 Å². The van der Waals surface area contributed by atoms with Gasteiger partial charge in [0.2, 0.25) is 11.8 Å². The molecule has 0 radical (unpaired) electrons. The minimum Gasteiger partial charge on any atom is -0.481 e. The van der Waals surface area contributed by atoms with Crippen molar-refractivity contribution >= 4 is 17.8 Å². The topological polar surface area (TPSA) is 107 Å². The maximum absolute atomic E-state index is 14.2. The summed E-state index contributed by atoms with van der Waals surface area (Å²) in [6.45, 7) is 16.9. The standard InChI is InChI=1S/C24H38N2O6/c1-9-10-25(22(5,6)7)20(29)18-24-11-14(4)23(8,32-24)17(21(30)31)16(24)19(28)26(18)15(12-27)13(2)3/h9,13-18,27H,1,10-12H2,2-8H3,(H,30,31)/t14?,15-,16-,17-,18?,23+,24?/m0/s1. The van der Waals surface area contributed by atoms with Gasteiger partial charge in [-0.25, -0.2) is 0 Å². The largest absolute Gasteiger partial charge is 0.481 e. The van der Waals surface area contributed by atoms with Gasteiger partial charge in [0, 0.05) is 12.1 Å². The normalized spacial score (nSPS) is 37.0. The van der Waals surface area contributed by atoms with Gasteiger partial charge in [-0.15, -0.1) is 6.58 Å². The predicted octanol–water partition coefficient (Wildman–Crippen LogP) is 1.91. The third-order valence-electron chi connectivity index (χ3n) is 7.95. The molecule has 3 fully saturated rings. The van der Waals surface area contributed by atoms with Gasteiger partial charge in [-0.05, 0) is 46.0 Å². The number of ether oxygens (including phenoxy) is 1. The van der Waals surface area contributed by atoms with E-state index in [-0.39, 0.29) is 30.9 Å². The highest BCUT2D eigenvalue weighted by Crippen LogP contribution is 2.65. The molecule has 1 spiro atoms. The SMILES string of the molecule is C=CCN(C(=O)C1N([C@@H](CO)C(C)C)C(=O)[C@@H]2[C@@H](C(=O)O)[C@]3(C)OC12CC3C)C(C)(C)C. The van der Waals surface area contributed by atoms with Gasteiger partial charge >= 0.3 is 5.97 Å². The van der Waals surface area contributed by atoms with Gasteiger partial charge in [-0.2, -0.15) is 0 Å². The molecular formula is C24H38N2O6. The summed E-state index contributed by atoms with van der Waals surface area (Å²) in [6.07, 6.45) is 2.06. The molecule has 2 bridgehead atoms. The van der Waals surface area contributed by atoms with Crippen LogP contribution in [0.25, 0.3) is 0 Å². The lowest BCUT2D eigenvalue weighted by atomic mass is 9.62. The number of carbonyl (C=O) groups is 3. The number of aliphatic carboxylic acids is 1. The number of nitrogens with zero attached hydrogens (tertiary/aromatic N) is 2. The number of rotatable bonds is 7. The van der Waals surface area contributed by atoms with Crippen LogP contribution >= 0.6 is 0 Å². The van der Waals surface area contributed by atoms with Gasteiger partial charge < -0.3 is 24.7 Å². The average Bonchev–Trinajstić information content (AvgIpc) is 3.16. The van der Waals surface area contributed by atoms with Crippen LogP contribution in [0.15, 0.2) is 12.7 Å². The Hall–Kier alpha value is -1.93. The molecule has 7 atom stereocenters. The zero-order chi connectivity index (χ0) is 24.4. The fourth-order valence-corrected chi connectivity index (χ4v) is 6.28. The van der Waals surface area contributed by atoms with Crippen molar-refractivity contribution in [3.63, 3.8) is 0 Å². The fraction of sp³-hybridized carbons (Fsp3) is 0.792. The van der Waals surface area contributed by atoms with Crippen molar-refractivity contribution in [3.8, 4) is 0 Å². The molecule has 2 amide bonds. The predicted molar refractivity (Wildman–Crippen MR) is 119 cm³/mol. The molecule has 0 saturated carbocycles. The van der Waals surface area contributed by atoms with E-state index in [9.17, 15) is 24.6 Å². The number of carbonyl (C=O) groups excluding carboxylic acids is 2. The van der Waals surface area contributed by atoms with Crippen molar-refractivity contribution in [3.05, 3.63) is 12.7 Å². The van der Waals surface area contributed by atoms with Crippen LogP contribution in [-0.2, 0) is 19.1 Å². The van der Waals surface area contributed by atoms with Crippen LogP contribution < -0.4 is 0 Å². The second-order valence-corrected chi connectivity index (χ2v) is 11.2. The summed E-state index contributed by atoms with van der Waals surface area (Å²) in [5.41, 5.74) is -2.83. The molecule has 3 aliphatic rings. The second-order valence-electron chi connectivity index (χ2n) is 11.2. The Morgan fingerprint density at radius 1 is 1.38 bits per heavy atom. The lowest BCUT2D eigenvalue weighted by Gasteiger charge is -2.44. The molecule has 3 aliphatic heterocycles. The van der Waals surface area contributed by atoms with Crippen LogP contribution in [0.4, 0.5) is 0 Å². The summed E-state index contributed by atoms with van der Waals surface area (Å²) in [7, 11) is 0. The lowest BCUT2D eigenvalue weighted by molar-refractivity contribution is -0.162. The molecule has 8 heteroatoms. The van der Waals surface area contributed by atoms with E-state index in [0.717, 1.165) is 0 Å². The van der Waals surface area contributed by atoms with Crippen molar-refractivity contribution in [2.24, 2.45) is 23.7 Å². The van der Waals surface area contributed by atoms with E-state index in [2.05, 4.69) is 6.58 Å². The van der Waals surface area contributed by atoms with E-state index in [4.69, 9.17) is 4.74 Å². The maximum atomic E-state index is 14.2. The lowest BCUT2D eigenvalue weighted by Crippen LogP contribution is -2.62. The summed E-state index contributed by atoms with van der Waals surface area (Å²) in [6, 6.07) is -1.63. The zero-order valence-corrected chi connectivity index (χ0v) is 20.3. The molecule has 8 nitrogen and oxygen atoms in total. The quantitative estimate of drug-likeness (QED) is 0.574. The smallest absolute Gasteiger partial charge is 0.310 e. The van der Waals surface area contributed by atoms with Gasteiger partial charge in [0.1, 0.15) is 17.6 Å². The minimum absolute atomic E-state index is 0.134. The van der Waals surface area contributed by atoms with Crippen LogP contribution in [0, 0.1) is 23.7 Å². The molecule has 3 saturated heterocycles. The van der Waals surface area contributed by atoms with E-state index in [1.54, 1.807) is 17.9 Å². The number of fused-ring (bicyclic) bond motifs is 1. The Kier molecular flexibility index (Phi) is 6.05. The number of aliphatic hydroxyl groups is 1. The number of hydrogen-bond donors (Lipinski definition) is 2. The molecule has 3 unspecified atom stereocenters. The highest BCUT2D eigenvalue weighted by molar-refractivity contribution is 5.98. The van der Waals surface area contributed by atoms with Crippen LogP contribution in [0.1, 0.15) is 54.9 Å². The summed E-state index contributed by atoms with van der Waals surface area (Å²) in [5.74, 6) is -4.08. The third kappa shape index (κ3) is 3.21. The molecule has 0 aromatic heterocycles. The van der Waals surface area contributed by atoms with Gasteiger partial charge in [-0.1, -0.05) is 26.8 Å². The van der Waals surface area contributed by atoms with Crippen LogP contribution in [-0.4, -0.2) is 79.8 Å². The number of carboxylic acid groups (broad SMARTS) is 1. The number of carboxylic acids is 1. The highest BCUT2D eigenvalue weighted by Gasteiger charge is 2.80. The third-order valence-corrected chi connectivity index (χ3v) is 7.95. The second kappa shape index (κ2) is 7.83. The number of hydrogen-bond acceptors (Lipinski definition) is 5. The number of amides is 2. The van der Waals surface area contributed by atoms with Crippen molar-refractivity contribution < 1.29 is 29.3 Å². The van der Waals surface area contributed by atoms with Crippen LogP contribution in [0.5, 0.6) is 0 Å². The van der Waals surface area contributed by atoms with Gasteiger partial charge in [0.25, 0.3) is 0 Å². The molecule has 0 aromatic rings. The first kappa shape index (κ1) is 24.7. The van der Waals surface area contributed by atoms with E-state index >= 15 is 0 Å². The summed E-state index contributed by atoms with van der Waals surface area (Å²) in [4.78, 5) is 43.5. The average molecular weight is 451 g/mol. The monoisotopic (exact) mass is 450 g/mol. The van der Waals surface area contributed by atoms with Crippen LogP contribution in [0.3, 0.4) is 0 Å². The first-order valence-electron chi connectivity index (χ1n) is 11.5. The summed E-state index contributed by atoms with van der Waals surface area (Å²) < 4.78 is 6.51. The van der Waals surface area contributed by atoms with Crippen molar-refractivity contribution in [2.75, 3.05) is 13.2 Å². The molecule has 180 valence electrons. The molecule has 3 heterocycles. The first-order valence-corrected chi connectivity index (χ1v) is 11.5. The fourth-order valence-electron chi connectivity index (χ4n) is 6.28. The van der Waals surface area contributed by atoms with E-state index in [1.165, 1.54) is 4.90 Å². The Morgan fingerprint density at radius 3 is 2.41 bits per heavy atom. The Balaban J connectivity index is 2.23. The molecule has 3 rings (SSSR count).